The van der Waals surface area contributed by atoms with Crippen LogP contribution in [-0.2, 0) is 35.2 Å². The third-order valence-corrected chi connectivity index (χ3v) is 6.49. The van der Waals surface area contributed by atoms with Gasteiger partial charge in [0.05, 0.1) is 33.3 Å². The second kappa shape index (κ2) is 17.1. The summed E-state index contributed by atoms with van der Waals surface area (Å²) in [6, 6.07) is 14.2. The van der Waals surface area contributed by atoms with Gasteiger partial charge in [0.25, 0.3) is 5.91 Å². The SMILES string of the molecule is C.CCOC(=O)C(c1ccc(OC)cc1)n1cnc(NC(=O)[C@@H](COCc2ccccc2)NC(=O)C(C)(C)NC(=O)OC(C)(C)C)c1. The van der Waals surface area contributed by atoms with E-state index in [0.717, 1.165) is 5.56 Å². The summed E-state index contributed by atoms with van der Waals surface area (Å²) in [5.74, 6) is -1.04. The van der Waals surface area contributed by atoms with E-state index in [4.69, 9.17) is 18.9 Å². The van der Waals surface area contributed by atoms with Crippen LogP contribution in [0.2, 0.25) is 0 Å². The largest absolute Gasteiger partial charge is 0.497 e. The van der Waals surface area contributed by atoms with E-state index < -0.39 is 47.1 Å². The summed E-state index contributed by atoms with van der Waals surface area (Å²) in [6.45, 7) is 9.98. The third-order valence-electron chi connectivity index (χ3n) is 6.49. The van der Waals surface area contributed by atoms with Gasteiger partial charge in [-0.25, -0.2) is 14.6 Å². The number of ether oxygens (including phenoxy) is 4. The molecule has 1 aromatic heterocycles. The van der Waals surface area contributed by atoms with E-state index in [1.54, 1.807) is 59.1 Å². The first-order valence-electron chi connectivity index (χ1n) is 14.8. The molecule has 0 aliphatic rings. The fourth-order valence-corrected chi connectivity index (χ4v) is 4.20. The fourth-order valence-electron chi connectivity index (χ4n) is 4.20. The Kier molecular flexibility index (Phi) is 13.9. The summed E-state index contributed by atoms with van der Waals surface area (Å²) in [7, 11) is 1.55. The van der Waals surface area contributed by atoms with Gasteiger partial charge in [-0.05, 0) is 64.8 Å². The highest BCUT2D eigenvalue weighted by atomic mass is 16.6. The van der Waals surface area contributed by atoms with E-state index in [1.165, 1.54) is 30.9 Å². The lowest BCUT2D eigenvalue weighted by atomic mass is 10.0. The maximum absolute atomic E-state index is 13.5. The summed E-state index contributed by atoms with van der Waals surface area (Å²) >= 11 is 0. The molecule has 2 atom stereocenters. The van der Waals surface area contributed by atoms with Crippen LogP contribution in [0.3, 0.4) is 0 Å². The molecule has 1 heterocycles. The highest BCUT2D eigenvalue weighted by molar-refractivity contribution is 5.98. The van der Waals surface area contributed by atoms with Crippen molar-refractivity contribution in [1.29, 1.82) is 0 Å². The number of alkyl carbamates (subject to hydrolysis) is 1. The molecule has 0 fully saturated rings. The number of carbonyl (C=O) groups excluding carboxylic acids is 4. The molecule has 3 aromatic rings. The number of nitrogens with zero attached hydrogens (tertiary/aromatic N) is 2. The van der Waals surface area contributed by atoms with Crippen LogP contribution < -0.4 is 20.7 Å². The normalized spacial score (nSPS) is 12.5. The molecule has 0 spiro atoms. The third kappa shape index (κ3) is 11.8. The number of anilines is 1. The number of imidazole rings is 1. The number of hydrogen-bond acceptors (Lipinski definition) is 9. The van der Waals surface area contributed by atoms with Crippen molar-refractivity contribution in [2.24, 2.45) is 0 Å². The van der Waals surface area contributed by atoms with Crippen LogP contribution in [0.25, 0.3) is 0 Å². The number of hydrogen-bond donors (Lipinski definition) is 3. The first-order valence-corrected chi connectivity index (χ1v) is 14.8. The molecule has 0 radical (unpaired) electrons. The molecule has 0 bridgehead atoms. The van der Waals surface area contributed by atoms with Crippen LogP contribution in [0.15, 0.2) is 67.1 Å². The molecular formula is C34H47N5O8. The first kappa shape index (κ1) is 38.3. The summed E-state index contributed by atoms with van der Waals surface area (Å²) in [5.41, 5.74) is -0.712. The van der Waals surface area contributed by atoms with Gasteiger partial charge in [-0.15, -0.1) is 0 Å². The predicted molar refractivity (Wildman–Crippen MR) is 177 cm³/mol. The van der Waals surface area contributed by atoms with Crippen molar-refractivity contribution >= 4 is 29.7 Å². The van der Waals surface area contributed by atoms with Gasteiger partial charge in [0.15, 0.2) is 11.9 Å². The Labute approximate surface area is 276 Å². The lowest BCUT2D eigenvalue weighted by Gasteiger charge is -2.29. The molecule has 0 saturated heterocycles. The standard InChI is InChI=1S/C33H43N5O8.CH4/c1-8-45-29(40)27(23-14-16-24(43-7)17-15-23)38-18-26(34-21-38)36-28(39)25(20-44-19-22-12-10-9-11-13-22)35-30(41)33(5,6)37-31(42)46-32(2,3)4;/h9-18,21,25,27H,8,19-20H2,1-7H3,(H,35,41)(H,36,39)(H,37,42);1H4/t25-,27?;/m1./s1. The number of aromatic nitrogens is 2. The van der Waals surface area contributed by atoms with Gasteiger partial charge in [-0.3, -0.25) is 9.59 Å². The number of methoxy groups -OCH3 is 1. The smallest absolute Gasteiger partial charge is 0.408 e. The van der Waals surface area contributed by atoms with Crippen molar-refractivity contribution < 1.29 is 38.1 Å². The van der Waals surface area contributed by atoms with Crippen molar-refractivity contribution in [2.75, 3.05) is 25.6 Å². The number of carbonyl (C=O) groups is 4. The molecule has 13 nitrogen and oxygen atoms in total. The maximum atomic E-state index is 13.5. The number of nitrogens with one attached hydrogen (secondary N) is 3. The van der Waals surface area contributed by atoms with Crippen LogP contribution in [-0.4, -0.2) is 70.9 Å². The van der Waals surface area contributed by atoms with Gasteiger partial charge in [-0.1, -0.05) is 49.9 Å². The number of esters is 1. The number of amides is 3. The van der Waals surface area contributed by atoms with Gasteiger partial charge < -0.3 is 39.5 Å². The summed E-state index contributed by atoms with van der Waals surface area (Å²) in [4.78, 5) is 56.4. The van der Waals surface area contributed by atoms with Crippen LogP contribution in [0.1, 0.15) is 66.1 Å². The van der Waals surface area contributed by atoms with Crippen LogP contribution in [0.5, 0.6) is 5.75 Å². The number of rotatable bonds is 14. The molecule has 3 N–H and O–H groups in total. The van der Waals surface area contributed by atoms with Crippen molar-refractivity contribution in [3.8, 4) is 5.75 Å². The Morgan fingerprint density at radius 3 is 2.21 bits per heavy atom. The minimum Gasteiger partial charge on any atom is -0.497 e. The highest BCUT2D eigenvalue weighted by Crippen LogP contribution is 2.24. The van der Waals surface area contributed by atoms with E-state index >= 15 is 0 Å². The Morgan fingerprint density at radius 1 is 0.957 bits per heavy atom. The van der Waals surface area contributed by atoms with E-state index in [9.17, 15) is 19.2 Å². The minimum absolute atomic E-state index is 0. The van der Waals surface area contributed by atoms with Gasteiger partial charge in [0.2, 0.25) is 5.91 Å². The lowest BCUT2D eigenvalue weighted by Crippen LogP contribution is -2.59. The topological polar surface area (TPSA) is 159 Å². The molecule has 0 saturated carbocycles. The molecule has 13 heteroatoms. The van der Waals surface area contributed by atoms with Crippen molar-refractivity contribution in [1.82, 2.24) is 20.2 Å². The molecule has 3 amide bonds. The van der Waals surface area contributed by atoms with Crippen LogP contribution in [0, 0.1) is 0 Å². The molecule has 3 rings (SSSR count). The molecule has 0 aliphatic heterocycles. The fraction of sp³-hybridized carbons (Fsp3) is 0.441. The van der Waals surface area contributed by atoms with E-state index in [1.807, 2.05) is 30.3 Å². The van der Waals surface area contributed by atoms with E-state index in [0.29, 0.717) is 11.3 Å². The van der Waals surface area contributed by atoms with Gasteiger partial charge in [0, 0.05) is 6.20 Å². The molecule has 256 valence electrons. The molecule has 0 aliphatic carbocycles. The lowest BCUT2D eigenvalue weighted by molar-refractivity contribution is -0.145. The molecule has 47 heavy (non-hydrogen) atoms. The van der Waals surface area contributed by atoms with Crippen molar-refractivity contribution in [3.63, 3.8) is 0 Å². The Balaban J connectivity index is 0.00000768. The average molecular weight is 654 g/mol. The minimum atomic E-state index is -1.44. The summed E-state index contributed by atoms with van der Waals surface area (Å²) in [5, 5.41) is 7.89. The zero-order valence-electron chi connectivity index (χ0n) is 27.3. The summed E-state index contributed by atoms with van der Waals surface area (Å²) < 4.78 is 23.1. The Morgan fingerprint density at radius 2 is 1.62 bits per heavy atom. The first-order chi connectivity index (χ1) is 21.7. The predicted octanol–water partition coefficient (Wildman–Crippen LogP) is 4.62. The van der Waals surface area contributed by atoms with Crippen molar-refractivity contribution in [3.05, 3.63) is 78.2 Å². The second-order valence-electron chi connectivity index (χ2n) is 11.9. The maximum Gasteiger partial charge on any atom is 0.408 e. The number of benzene rings is 2. The second-order valence-corrected chi connectivity index (χ2v) is 11.9. The quantitative estimate of drug-likeness (QED) is 0.211. The van der Waals surface area contributed by atoms with E-state index in [2.05, 4.69) is 20.9 Å². The van der Waals surface area contributed by atoms with Gasteiger partial charge in [-0.2, -0.15) is 0 Å². The monoisotopic (exact) mass is 653 g/mol. The molecule has 1 unspecified atom stereocenters. The van der Waals surface area contributed by atoms with Crippen molar-refractivity contribution in [2.45, 2.75) is 78.8 Å². The van der Waals surface area contributed by atoms with Gasteiger partial charge in [0.1, 0.15) is 22.9 Å². The highest BCUT2D eigenvalue weighted by Gasteiger charge is 2.35. The van der Waals surface area contributed by atoms with Crippen LogP contribution in [0.4, 0.5) is 10.6 Å². The zero-order chi connectivity index (χ0) is 33.9. The molecule has 2 aromatic carbocycles. The Bertz CT molecular complexity index is 1470. The van der Waals surface area contributed by atoms with E-state index in [-0.39, 0.29) is 33.1 Å². The average Bonchev–Trinajstić information content (AvgIpc) is 3.43. The zero-order valence-corrected chi connectivity index (χ0v) is 27.3. The van der Waals surface area contributed by atoms with Gasteiger partial charge >= 0.3 is 12.1 Å². The van der Waals surface area contributed by atoms with Crippen LogP contribution >= 0.6 is 0 Å². The summed E-state index contributed by atoms with van der Waals surface area (Å²) in [6.07, 6.45) is 2.10. The Hall–Kier alpha value is -4.91. The molecular weight excluding hydrogens is 606 g/mol.